The van der Waals surface area contributed by atoms with Crippen LogP contribution in [-0.4, -0.2) is 122 Å². The monoisotopic (exact) mass is 724 g/mol. The van der Waals surface area contributed by atoms with Gasteiger partial charge in [0.1, 0.15) is 24.2 Å². The second-order valence-electron chi connectivity index (χ2n) is 10.8. The summed E-state index contributed by atoms with van der Waals surface area (Å²) in [5, 5.41) is 38.5. The van der Waals surface area contributed by atoms with Crippen LogP contribution in [0.5, 0.6) is 0 Å². The molecule has 0 aliphatic rings. The molecule has 0 aliphatic carbocycles. The number of unbranched alkanes of at least 4 members (excludes halogenated alkanes) is 1. The molecule has 0 radical (unpaired) electrons. The lowest BCUT2D eigenvalue weighted by Gasteiger charge is -2.17. The first-order valence-electron chi connectivity index (χ1n) is 15.5. The van der Waals surface area contributed by atoms with Crippen molar-refractivity contribution < 1.29 is 65.4 Å². The molecule has 0 aromatic heterocycles. The van der Waals surface area contributed by atoms with Crippen LogP contribution in [-0.2, 0) is 38.4 Å². The van der Waals surface area contributed by atoms with Crippen LogP contribution in [0.4, 0.5) is 0 Å². The van der Waals surface area contributed by atoms with Gasteiger partial charge in [0.05, 0.1) is 38.1 Å². The zero-order valence-corrected chi connectivity index (χ0v) is 28.7. The molecule has 0 rings (SSSR count). The van der Waals surface area contributed by atoms with Crippen molar-refractivity contribution in [3.63, 3.8) is 0 Å². The summed E-state index contributed by atoms with van der Waals surface area (Å²) in [7, 11) is 0. The van der Waals surface area contributed by atoms with Gasteiger partial charge in [-0.3, -0.25) is 28.8 Å². The van der Waals surface area contributed by atoms with Crippen molar-refractivity contribution in [3.8, 4) is 0 Å². The van der Waals surface area contributed by atoms with E-state index in [0.717, 1.165) is 19.5 Å². The van der Waals surface area contributed by atoms with E-state index >= 15 is 0 Å². The van der Waals surface area contributed by atoms with Crippen LogP contribution in [0.2, 0.25) is 0 Å². The lowest BCUT2D eigenvalue weighted by atomic mass is 10.1. The first kappa shape index (κ1) is 44.3. The molecule has 0 heterocycles. The van der Waals surface area contributed by atoms with Crippen molar-refractivity contribution in [3.05, 3.63) is 0 Å². The largest absolute Gasteiger partial charge is 0.544 e. The number of amides is 6. The van der Waals surface area contributed by atoms with E-state index in [2.05, 4.69) is 73.9 Å². The van der Waals surface area contributed by atoms with E-state index in [0.29, 0.717) is 25.9 Å². The number of hydrogen-bond acceptors (Lipinski definition) is 12. The van der Waals surface area contributed by atoms with Gasteiger partial charge in [-0.05, 0) is 12.8 Å². The normalized spacial score (nSPS) is 13.2. The molecule has 0 aromatic carbocycles. The molecule has 0 aromatic rings. The predicted molar refractivity (Wildman–Crippen MR) is 171 cm³/mol. The quantitative estimate of drug-likeness (QED) is 0.0281. The molecule has 0 unspecified atom stereocenters. The standard InChI is InChI=1S/C27H49N9O10S2/c28-16(26(43)44)4-6-20(37)35-18(14-47)24(41)33-12-22(39)31-10-2-1-8-30-9-3-11-32-23(40)13-34-25(42)19(15-48)36-21(38)7-5-17(29)27(45)46/h16-19,30,47-48H,1-15,28-29H2,(H,31,39)(H,32,40)(H,33,41)(H,34,42)(H,35,37)(H,36,38)(H,43,44)(H,45,46)/p+1/t16-,17-,18-,19-/m0/s1. The number of nitrogens with one attached hydrogen (secondary N) is 6. The number of rotatable bonds is 27. The Morgan fingerprint density at radius 3 is 1.38 bits per heavy atom. The van der Waals surface area contributed by atoms with E-state index in [9.17, 15) is 48.6 Å². The Bertz CT molecular complexity index is 1000. The molecular weight excluding hydrogens is 674 g/mol. The topological polar surface area (TPSA) is 327 Å². The Morgan fingerprint density at radius 1 is 0.583 bits per heavy atom. The van der Waals surface area contributed by atoms with Crippen molar-refractivity contribution in [2.24, 2.45) is 0 Å². The van der Waals surface area contributed by atoms with Gasteiger partial charge in [0, 0.05) is 56.7 Å². The fraction of sp³-hybridized carbons (Fsp3) is 0.704. The van der Waals surface area contributed by atoms with Crippen LogP contribution in [0, 0.1) is 0 Å². The molecule has 0 saturated carbocycles. The van der Waals surface area contributed by atoms with E-state index in [1.807, 2.05) is 0 Å². The second-order valence-corrected chi connectivity index (χ2v) is 11.5. The Balaban J connectivity index is 3.95. The SMILES string of the molecule is [NH3+][C@@H](CCC(=O)N[C@@H](CS)C(=O)NCC(=O)NCCCC[NH2+]CCCNC(=O)CNC(=O)[C@H](CS)NC(=O)CC[C@H]([NH3+])C(=O)[O-])C(=O)[O-]. The van der Waals surface area contributed by atoms with E-state index in [1.165, 1.54) is 0 Å². The third kappa shape index (κ3) is 22.0. The maximum Gasteiger partial charge on any atom is 0.243 e. The first-order valence-corrected chi connectivity index (χ1v) is 16.8. The lowest BCUT2D eigenvalue weighted by molar-refractivity contribution is -0.655. The van der Waals surface area contributed by atoms with E-state index in [-0.39, 0.29) is 50.3 Å². The first-order chi connectivity index (χ1) is 22.7. The van der Waals surface area contributed by atoms with Crippen molar-refractivity contribution in [1.29, 1.82) is 0 Å². The third-order valence-corrected chi connectivity index (χ3v) is 7.42. The average Bonchev–Trinajstić information content (AvgIpc) is 3.05. The van der Waals surface area contributed by atoms with Gasteiger partial charge >= 0.3 is 0 Å². The van der Waals surface area contributed by atoms with Crippen LogP contribution >= 0.6 is 25.3 Å². The van der Waals surface area contributed by atoms with Crippen LogP contribution < -0.4 is 58.9 Å². The second kappa shape index (κ2) is 26.3. The maximum atomic E-state index is 12.3. The summed E-state index contributed by atoms with van der Waals surface area (Å²) < 4.78 is 0. The van der Waals surface area contributed by atoms with Gasteiger partial charge < -0.3 is 68.5 Å². The van der Waals surface area contributed by atoms with Crippen LogP contribution in [0.15, 0.2) is 0 Å². The smallest absolute Gasteiger partial charge is 0.243 e. The molecule has 0 bridgehead atoms. The highest BCUT2D eigenvalue weighted by Gasteiger charge is 2.22. The maximum absolute atomic E-state index is 12.3. The van der Waals surface area contributed by atoms with Crippen LogP contribution in [0.1, 0.15) is 44.9 Å². The van der Waals surface area contributed by atoms with E-state index in [1.54, 1.807) is 0 Å². The Labute approximate surface area is 289 Å². The number of hydrogen-bond donors (Lipinski definition) is 11. The molecule has 0 saturated heterocycles. The number of carboxylic acid groups (broad SMARTS) is 2. The molecule has 4 atom stereocenters. The number of aliphatic carboxylic acids is 2. The molecule has 0 aliphatic heterocycles. The summed E-state index contributed by atoms with van der Waals surface area (Å²) in [6, 6.07) is -4.09. The molecule has 0 spiro atoms. The minimum Gasteiger partial charge on any atom is -0.544 e. The number of thiol groups is 2. The fourth-order valence-corrected chi connectivity index (χ4v) is 4.25. The molecular formula is C27H50N9O10S2+. The van der Waals surface area contributed by atoms with Crippen molar-refractivity contribution in [2.75, 3.05) is 50.8 Å². The highest BCUT2D eigenvalue weighted by molar-refractivity contribution is 7.80. The van der Waals surface area contributed by atoms with Gasteiger partial charge in [-0.2, -0.15) is 25.3 Å². The number of nitrogens with two attached hydrogens (primary N) is 1. The van der Waals surface area contributed by atoms with Crippen molar-refractivity contribution >= 4 is 72.6 Å². The number of carboxylic acids is 2. The number of carbonyl (C=O) groups excluding carboxylic acids is 8. The Kier molecular flexibility index (Phi) is 24.3. The average molecular weight is 725 g/mol. The summed E-state index contributed by atoms with van der Waals surface area (Å²) in [6.45, 7) is 1.74. The number of quaternary nitrogens is 3. The zero-order chi connectivity index (χ0) is 36.5. The third-order valence-electron chi connectivity index (χ3n) is 6.69. The molecule has 21 heteroatoms. The molecule has 6 amide bonds. The molecule has 274 valence electrons. The van der Waals surface area contributed by atoms with Gasteiger partial charge in [-0.15, -0.1) is 0 Å². The lowest BCUT2D eigenvalue weighted by Crippen LogP contribution is -2.84. The minimum absolute atomic E-state index is 0.0224. The highest BCUT2D eigenvalue weighted by atomic mass is 32.1. The van der Waals surface area contributed by atoms with Gasteiger partial charge in [0.25, 0.3) is 0 Å². The molecule has 19 nitrogen and oxygen atoms in total. The summed E-state index contributed by atoms with van der Waals surface area (Å²) >= 11 is 8.06. The summed E-state index contributed by atoms with van der Waals surface area (Å²) in [6.07, 6.45) is 1.78. The number of carbonyl (C=O) groups is 8. The minimum atomic E-state index is -1.37. The molecule has 0 fully saturated rings. The van der Waals surface area contributed by atoms with Gasteiger partial charge in [0.2, 0.25) is 35.4 Å². The van der Waals surface area contributed by atoms with Gasteiger partial charge in [0.15, 0.2) is 0 Å². The predicted octanol–water partition coefficient (Wildman–Crippen LogP) is -9.70. The van der Waals surface area contributed by atoms with Gasteiger partial charge in [-0.1, -0.05) is 0 Å². The van der Waals surface area contributed by atoms with Crippen molar-refractivity contribution in [2.45, 2.75) is 69.1 Å². The Hall–Kier alpha value is -3.66. The van der Waals surface area contributed by atoms with Crippen LogP contribution in [0.3, 0.4) is 0 Å². The van der Waals surface area contributed by atoms with Gasteiger partial charge in [-0.25, -0.2) is 0 Å². The van der Waals surface area contributed by atoms with E-state index in [4.69, 9.17) is 0 Å². The fourth-order valence-electron chi connectivity index (χ4n) is 3.73. The summed E-state index contributed by atoms with van der Waals surface area (Å²) in [4.78, 5) is 93.8. The zero-order valence-electron chi connectivity index (χ0n) is 26.9. The summed E-state index contributed by atoms with van der Waals surface area (Å²) in [5.74, 6) is -5.89. The highest BCUT2D eigenvalue weighted by Crippen LogP contribution is 1.97. The molecule has 14 N–H and O–H groups in total. The van der Waals surface area contributed by atoms with E-state index < -0.39 is 71.5 Å². The summed E-state index contributed by atoms with van der Waals surface area (Å²) in [5.41, 5.74) is 6.72. The Morgan fingerprint density at radius 2 is 0.979 bits per heavy atom. The molecule has 48 heavy (non-hydrogen) atoms. The van der Waals surface area contributed by atoms with Crippen LogP contribution in [0.25, 0.3) is 0 Å². The van der Waals surface area contributed by atoms with Crippen molar-refractivity contribution in [1.82, 2.24) is 31.9 Å².